The van der Waals surface area contributed by atoms with Gasteiger partial charge in [-0.25, -0.2) is 5.10 Å². The molecule has 1 N–H and O–H groups in total. The largest absolute Gasteiger partial charge is 0.493 e. The van der Waals surface area contributed by atoms with E-state index in [0.29, 0.717) is 32.7 Å². The maximum absolute atomic E-state index is 6.29. The number of nitrogens with one attached hydrogen (secondary N) is 1. The van der Waals surface area contributed by atoms with E-state index >= 15 is 0 Å². The van der Waals surface area contributed by atoms with E-state index in [1.165, 1.54) is 11.8 Å². The zero-order chi connectivity index (χ0) is 19.2. The van der Waals surface area contributed by atoms with Crippen LogP contribution in [0.25, 0.3) is 11.4 Å². The van der Waals surface area contributed by atoms with Gasteiger partial charge in [-0.05, 0) is 29.9 Å². The molecule has 3 aromatic rings. The number of H-pyrrole nitrogens is 1. The smallest absolute Gasteiger partial charge is 0.216 e. The van der Waals surface area contributed by atoms with Crippen LogP contribution in [-0.4, -0.2) is 34.8 Å². The second-order valence-electron chi connectivity index (χ2n) is 5.30. The standard InChI is InChI=1S/C19H15ClN4O2S/c1-3-9-26-17-15(20)10-13(11-16(17)25-2)12-21-24-18(22-23-19(24)27)14-7-5-4-6-8-14/h1,4-8,10-12H,9H2,2H3,(H,23,27). The van der Waals surface area contributed by atoms with E-state index < -0.39 is 0 Å². The SMILES string of the molecule is C#CCOc1c(Cl)cc(C=Nn2c(-c3ccccc3)n[nH]c2=S)cc1OC. The number of ether oxygens (including phenoxy) is 2. The van der Waals surface area contributed by atoms with Crippen molar-refractivity contribution in [2.24, 2.45) is 5.10 Å². The van der Waals surface area contributed by atoms with Gasteiger partial charge in [0.05, 0.1) is 18.3 Å². The van der Waals surface area contributed by atoms with Crippen molar-refractivity contribution < 1.29 is 9.47 Å². The first-order chi connectivity index (χ1) is 13.1. The molecule has 0 fully saturated rings. The Kier molecular flexibility index (Phi) is 5.91. The maximum Gasteiger partial charge on any atom is 0.216 e. The minimum Gasteiger partial charge on any atom is -0.493 e. The van der Waals surface area contributed by atoms with Gasteiger partial charge in [0.2, 0.25) is 4.77 Å². The third kappa shape index (κ3) is 4.19. The summed E-state index contributed by atoms with van der Waals surface area (Å²) < 4.78 is 12.7. The summed E-state index contributed by atoms with van der Waals surface area (Å²) in [5, 5.41) is 11.8. The number of hydrogen-bond acceptors (Lipinski definition) is 5. The lowest BCUT2D eigenvalue weighted by molar-refractivity contribution is 0.331. The Hall–Kier alpha value is -3.08. The predicted octanol–water partition coefficient (Wildman–Crippen LogP) is 4.16. The van der Waals surface area contributed by atoms with Crippen LogP contribution in [0.2, 0.25) is 5.02 Å². The number of halogens is 1. The van der Waals surface area contributed by atoms with Crippen molar-refractivity contribution in [2.45, 2.75) is 0 Å². The van der Waals surface area contributed by atoms with Gasteiger partial charge in [-0.3, -0.25) is 0 Å². The lowest BCUT2D eigenvalue weighted by atomic mass is 10.2. The summed E-state index contributed by atoms with van der Waals surface area (Å²) in [6, 6.07) is 13.1. The van der Waals surface area contributed by atoms with Crippen LogP contribution in [0.1, 0.15) is 5.56 Å². The Morgan fingerprint density at radius 3 is 2.85 bits per heavy atom. The number of aromatic amines is 1. The van der Waals surface area contributed by atoms with E-state index in [2.05, 4.69) is 21.2 Å². The summed E-state index contributed by atoms with van der Waals surface area (Å²) in [6.07, 6.45) is 6.83. The van der Waals surface area contributed by atoms with Gasteiger partial charge < -0.3 is 9.47 Å². The Labute approximate surface area is 166 Å². The molecule has 136 valence electrons. The molecular weight excluding hydrogens is 384 g/mol. The Morgan fingerprint density at radius 1 is 1.37 bits per heavy atom. The van der Waals surface area contributed by atoms with Crippen molar-refractivity contribution >= 4 is 30.0 Å². The fraction of sp³-hybridized carbons (Fsp3) is 0.105. The van der Waals surface area contributed by atoms with Crippen LogP contribution in [0.4, 0.5) is 0 Å². The first-order valence-corrected chi connectivity index (χ1v) is 8.63. The molecule has 0 saturated carbocycles. The molecule has 3 rings (SSSR count). The molecule has 1 heterocycles. The van der Waals surface area contributed by atoms with Crippen molar-refractivity contribution in [1.29, 1.82) is 0 Å². The highest BCUT2D eigenvalue weighted by Gasteiger charge is 2.12. The van der Waals surface area contributed by atoms with Crippen LogP contribution < -0.4 is 9.47 Å². The molecule has 27 heavy (non-hydrogen) atoms. The van der Waals surface area contributed by atoms with E-state index in [-0.39, 0.29) is 6.61 Å². The van der Waals surface area contributed by atoms with Crippen LogP contribution >= 0.6 is 23.8 Å². The predicted molar refractivity (Wildman–Crippen MR) is 108 cm³/mol. The van der Waals surface area contributed by atoms with Crippen molar-refractivity contribution in [3.8, 4) is 35.2 Å². The number of aromatic nitrogens is 3. The summed E-state index contributed by atoms with van der Waals surface area (Å²) in [7, 11) is 1.52. The molecule has 8 heteroatoms. The zero-order valence-corrected chi connectivity index (χ0v) is 15.9. The Balaban J connectivity index is 1.96. The Bertz CT molecular complexity index is 1070. The average Bonchev–Trinajstić information content (AvgIpc) is 3.06. The van der Waals surface area contributed by atoms with Crippen molar-refractivity contribution in [1.82, 2.24) is 14.9 Å². The minimum atomic E-state index is 0.0914. The molecule has 1 aromatic heterocycles. The van der Waals surface area contributed by atoms with E-state index in [4.69, 9.17) is 39.7 Å². The molecule has 0 spiro atoms. The van der Waals surface area contributed by atoms with Gasteiger partial charge in [-0.1, -0.05) is 47.9 Å². The van der Waals surface area contributed by atoms with Gasteiger partial charge in [-0.15, -0.1) is 6.42 Å². The molecule has 0 radical (unpaired) electrons. The molecule has 0 saturated heterocycles. The highest BCUT2D eigenvalue weighted by molar-refractivity contribution is 7.71. The summed E-state index contributed by atoms with van der Waals surface area (Å²) >= 11 is 11.6. The van der Waals surface area contributed by atoms with E-state index in [1.54, 1.807) is 18.3 Å². The highest BCUT2D eigenvalue weighted by atomic mass is 35.5. The van der Waals surface area contributed by atoms with Crippen LogP contribution in [0.5, 0.6) is 11.5 Å². The molecule has 0 amide bonds. The lowest BCUT2D eigenvalue weighted by Gasteiger charge is -2.11. The van der Waals surface area contributed by atoms with Crippen molar-refractivity contribution in [3.63, 3.8) is 0 Å². The monoisotopic (exact) mass is 398 g/mol. The summed E-state index contributed by atoms with van der Waals surface area (Å²) in [5.41, 5.74) is 1.59. The molecule has 0 bridgehead atoms. The zero-order valence-electron chi connectivity index (χ0n) is 14.3. The van der Waals surface area contributed by atoms with Crippen LogP contribution in [-0.2, 0) is 0 Å². The summed E-state index contributed by atoms with van der Waals surface area (Å²) in [6.45, 7) is 0.0914. The van der Waals surface area contributed by atoms with Gasteiger partial charge in [0, 0.05) is 5.56 Å². The number of benzene rings is 2. The molecular formula is C19H15ClN4O2S. The lowest BCUT2D eigenvalue weighted by Crippen LogP contribution is -1.99. The van der Waals surface area contributed by atoms with Gasteiger partial charge in [-0.2, -0.15) is 14.9 Å². The number of hydrogen-bond donors (Lipinski definition) is 1. The number of nitrogens with zero attached hydrogens (tertiary/aromatic N) is 3. The summed E-state index contributed by atoms with van der Waals surface area (Å²) in [5.74, 6) is 3.84. The second-order valence-corrected chi connectivity index (χ2v) is 6.10. The molecule has 6 nitrogen and oxygen atoms in total. The van der Waals surface area contributed by atoms with Gasteiger partial charge in [0.1, 0.15) is 6.61 Å². The number of rotatable bonds is 6. The van der Waals surface area contributed by atoms with E-state index in [1.807, 2.05) is 30.3 Å². The molecule has 0 unspecified atom stereocenters. The fourth-order valence-electron chi connectivity index (χ4n) is 2.37. The normalized spacial score (nSPS) is 10.7. The van der Waals surface area contributed by atoms with Crippen molar-refractivity contribution in [2.75, 3.05) is 13.7 Å². The molecule has 0 aliphatic rings. The third-order valence-corrected chi connectivity index (χ3v) is 4.10. The molecule has 0 aliphatic carbocycles. The quantitative estimate of drug-likeness (QED) is 0.384. The third-order valence-electron chi connectivity index (χ3n) is 3.56. The van der Waals surface area contributed by atoms with Gasteiger partial charge in [0.15, 0.2) is 17.3 Å². The first-order valence-electron chi connectivity index (χ1n) is 7.85. The maximum atomic E-state index is 6.29. The fourth-order valence-corrected chi connectivity index (χ4v) is 2.82. The van der Waals surface area contributed by atoms with Crippen LogP contribution in [0.15, 0.2) is 47.6 Å². The molecule has 0 atom stereocenters. The van der Waals surface area contributed by atoms with E-state index in [0.717, 1.165) is 5.56 Å². The van der Waals surface area contributed by atoms with Gasteiger partial charge in [0.25, 0.3) is 0 Å². The summed E-state index contributed by atoms with van der Waals surface area (Å²) in [4.78, 5) is 0. The van der Waals surface area contributed by atoms with Crippen molar-refractivity contribution in [3.05, 3.63) is 57.8 Å². The van der Waals surface area contributed by atoms with E-state index in [9.17, 15) is 0 Å². The number of methoxy groups -OCH3 is 1. The van der Waals surface area contributed by atoms with Crippen LogP contribution in [0, 0.1) is 17.1 Å². The average molecular weight is 399 g/mol. The first kappa shape index (κ1) is 18.7. The number of terminal acetylenes is 1. The minimum absolute atomic E-state index is 0.0914. The Morgan fingerprint density at radius 2 is 2.15 bits per heavy atom. The molecule has 0 aliphatic heterocycles. The topological polar surface area (TPSA) is 64.4 Å². The van der Waals surface area contributed by atoms with Crippen LogP contribution in [0.3, 0.4) is 0 Å². The highest BCUT2D eigenvalue weighted by Crippen LogP contribution is 2.36. The molecule has 2 aromatic carbocycles. The van der Waals surface area contributed by atoms with Gasteiger partial charge >= 0.3 is 0 Å². The second kappa shape index (κ2) is 8.54.